The zero-order valence-corrected chi connectivity index (χ0v) is 11.2. The van der Waals surface area contributed by atoms with Gasteiger partial charge in [-0.1, -0.05) is 0 Å². The molecule has 23 heavy (non-hydrogen) atoms. The predicted molar refractivity (Wildman–Crippen MR) is 44.6 cm³/mol. The first-order valence-corrected chi connectivity index (χ1v) is 7.21. The molecule has 0 radical (unpaired) electrons. The highest BCUT2D eigenvalue weighted by Gasteiger charge is 2.92. The van der Waals surface area contributed by atoms with Crippen LogP contribution < -0.4 is 0 Å². The van der Waals surface area contributed by atoms with Crippen LogP contribution in [0.15, 0.2) is 0 Å². The Morgan fingerprint density at radius 2 is 0.652 bits per heavy atom. The molecule has 0 heterocycles. The maximum atomic E-state index is 13.4. The van der Waals surface area contributed by atoms with E-state index < -0.39 is 50.2 Å². The Kier molecular flexibility index (Phi) is 4.90. The SMILES string of the molecule is C[Si](F)(C(F)(F)C(F)(F)C(F)(F)F)C(F)(F)C(F)(F)C(F)(F)F. The Hall–Kier alpha value is -0.833. The highest BCUT2D eigenvalue weighted by atomic mass is 28.4. The van der Waals surface area contributed by atoms with Gasteiger partial charge in [-0.25, -0.2) is 17.6 Å². The van der Waals surface area contributed by atoms with Crippen LogP contribution in [0.2, 0.25) is 6.55 Å². The summed E-state index contributed by atoms with van der Waals surface area (Å²) in [4.78, 5) is 0. The second-order valence-corrected chi connectivity index (χ2v) is 7.56. The molecule has 0 aromatic rings. The molecular formula is C7H3F15Si. The first kappa shape index (κ1) is 22.2. The molecule has 140 valence electrons. The highest BCUT2D eigenvalue weighted by molar-refractivity contribution is 6.77. The van der Waals surface area contributed by atoms with Crippen molar-refractivity contribution in [1.82, 2.24) is 0 Å². The second kappa shape index (κ2) is 5.08. The second-order valence-electron chi connectivity index (χ2n) is 4.30. The lowest BCUT2D eigenvalue weighted by molar-refractivity contribution is -0.354. The van der Waals surface area contributed by atoms with Crippen LogP contribution in [0.1, 0.15) is 0 Å². The third kappa shape index (κ3) is 2.75. The number of alkyl halides is 14. The standard InChI is InChI=1S/C7H3F15Si/c1-23(22,6(18,19)2(8,9)4(12,13)14)7(20,21)3(10,11)5(15,16)17/h1H3. The summed E-state index contributed by atoms with van der Waals surface area (Å²) >= 11 is 0. The van der Waals surface area contributed by atoms with Crippen molar-refractivity contribution in [2.45, 2.75) is 41.8 Å². The van der Waals surface area contributed by atoms with Crippen molar-refractivity contribution in [3.63, 3.8) is 0 Å². The minimum absolute atomic E-state index is 1.48. The largest absolute Gasteiger partial charge is 0.459 e. The van der Waals surface area contributed by atoms with Crippen LogP contribution >= 0.6 is 0 Å². The molecule has 0 saturated carbocycles. The van der Waals surface area contributed by atoms with Crippen LogP contribution in [-0.4, -0.2) is 43.7 Å². The van der Waals surface area contributed by atoms with Crippen LogP contribution in [0.4, 0.5) is 65.6 Å². The van der Waals surface area contributed by atoms with Gasteiger partial charge >= 0.3 is 43.7 Å². The lowest BCUT2D eigenvalue weighted by atomic mass is 10.3. The van der Waals surface area contributed by atoms with Gasteiger partial charge in [0.25, 0.3) is 0 Å². The van der Waals surface area contributed by atoms with Gasteiger partial charge in [0, 0.05) is 0 Å². The Morgan fingerprint density at radius 1 is 0.478 bits per heavy atom. The van der Waals surface area contributed by atoms with E-state index in [0.29, 0.717) is 0 Å². The van der Waals surface area contributed by atoms with Gasteiger partial charge in [-0.3, -0.25) is 4.11 Å². The lowest BCUT2D eigenvalue weighted by Crippen LogP contribution is -2.76. The van der Waals surface area contributed by atoms with Crippen LogP contribution in [0.5, 0.6) is 0 Å². The maximum absolute atomic E-state index is 13.4. The molecule has 0 aromatic carbocycles. The van der Waals surface area contributed by atoms with Crippen molar-refractivity contribution in [1.29, 1.82) is 0 Å². The zero-order valence-electron chi connectivity index (χ0n) is 10.2. The number of rotatable bonds is 4. The van der Waals surface area contributed by atoms with Crippen molar-refractivity contribution in [2.75, 3.05) is 0 Å². The summed E-state index contributed by atoms with van der Waals surface area (Å²) in [5.41, 5.74) is -15.1. The van der Waals surface area contributed by atoms with E-state index in [2.05, 4.69) is 0 Å². The fraction of sp³-hybridized carbons (Fsp3) is 1.00. The third-order valence-corrected chi connectivity index (χ3v) is 5.67. The van der Waals surface area contributed by atoms with E-state index in [-0.39, 0.29) is 0 Å². The van der Waals surface area contributed by atoms with Crippen molar-refractivity contribution in [3.8, 4) is 0 Å². The molecule has 0 aliphatic heterocycles. The van der Waals surface area contributed by atoms with E-state index in [9.17, 15) is 65.6 Å². The molecule has 0 nitrogen and oxygen atoms in total. The summed E-state index contributed by atoms with van der Waals surface area (Å²) in [6, 6.07) is 0. The first-order valence-electron chi connectivity index (χ1n) is 4.83. The smallest absolute Gasteiger partial charge is 0.299 e. The summed E-state index contributed by atoms with van der Waals surface area (Å²) < 4.78 is 185. The maximum Gasteiger partial charge on any atom is 0.459 e. The van der Waals surface area contributed by atoms with Crippen LogP contribution in [-0.2, 0) is 0 Å². The van der Waals surface area contributed by atoms with Gasteiger partial charge in [-0.05, 0) is 6.55 Å². The normalized spacial score (nSPS) is 16.7. The van der Waals surface area contributed by atoms with Gasteiger partial charge < -0.3 is 0 Å². The molecule has 0 amide bonds. The lowest BCUT2D eigenvalue weighted by Gasteiger charge is -2.41. The summed E-state index contributed by atoms with van der Waals surface area (Å²) in [5, 5.41) is 0. The van der Waals surface area contributed by atoms with Gasteiger partial charge in [0.2, 0.25) is 0 Å². The van der Waals surface area contributed by atoms with Crippen molar-refractivity contribution >= 4 is 8.41 Å². The monoisotopic (exact) mass is 400 g/mol. The molecule has 0 unspecified atom stereocenters. The molecule has 0 spiro atoms. The summed E-state index contributed by atoms with van der Waals surface area (Å²) in [6.07, 6.45) is -14.8. The van der Waals surface area contributed by atoms with Crippen LogP contribution in [0.3, 0.4) is 0 Å². The molecule has 0 aliphatic rings. The van der Waals surface area contributed by atoms with Crippen molar-refractivity contribution in [3.05, 3.63) is 0 Å². The van der Waals surface area contributed by atoms with E-state index in [1.165, 1.54) is 0 Å². The van der Waals surface area contributed by atoms with E-state index in [1.807, 2.05) is 0 Å². The molecule has 0 bridgehead atoms. The molecule has 0 aliphatic carbocycles. The van der Waals surface area contributed by atoms with Gasteiger partial charge in [0.05, 0.1) is 0 Å². The minimum Gasteiger partial charge on any atom is -0.299 e. The average Bonchev–Trinajstić information content (AvgIpc) is 2.24. The number of halogens is 15. The topological polar surface area (TPSA) is 0 Å². The van der Waals surface area contributed by atoms with Gasteiger partial charge in [-0.2, -0.15) is 43.9 Å². The molecule has 0 aromatic heterocycles. The van der Waals surface area contributed by atoms with E-state index in [4.69, 9.17) is 0 Å². The summed E-state index contributed by atoms with van der Waals surface area (Å²) in [7, 11) is -8.76. The minimum atomic E-state index is -8.76. The fourth-order valence-corrected chi connectivity index (χ4v) is 3.00. The third-order valence-electron chi connectivity index (χ3n) is 2.68. The Balaban J connectivity index is 6.37. The Bertz CT molecular complexity index is 400. The van der Waals surface area contributed by atoms with Gasteiger partial charge in [0.1, 0.15) is 0 Å². The van der Waals surface area contributed by atoms with E-state index in [1.54, 1.807) is 0 Å². The molecule has 0 rings (SSSR count). The summed E-state index contributed by atoms with van der Waals surface area (Å²) in [5.74, 6) is -15.2. The van der Waals surface area contributed by atoms with Crippen molar-refractivity contribution < 1.29 is 65.6 Å². The fourth-order valence-electron chi connectivity index (χ4n) is 1.14. The molecule has 0 atom stereocenters. The van der Waals surface area contributed by atoms with Crippen LogP contribution in [0, 0.1) is 0 Å². The molecule has 0 N–H and O–H groups in total. The highest BCUT2D eigenvalue weighted by Crippen LogP contribution is 2.59. The molecule has 0 fully saturated rings. The van der Waals surface area contributed by atoms with Gasteiger partial charge in [-0.15, -0.1) is 0 Å². The Labute approximate surface area is 117 Å². The summed E-state index contributed by atoms with van der Waals surface area (Å²) in [6.45, 7) is -1.48. The zero-order chi connectivity index (χ0) is 19.5. The van der Waals surface area contributed by atoms with E-state index in [0.717, 1.165) is 0 Å². The first-order chi connectivity index (χ1) is 9.50. The molecule has 0 saturated heterocycles. The van der Waals surface area contributed by atoms with Gasteiger partial charge in [0.15, 0.2) is 0 Å². The quantitative estimate of drug-likeness (QED) is 0.343. The predicted octanol–water partition coefficient (Wildman–Crippen LogP) is 5.28. The van der Waals surface area contributed by atoms with Crippen molar-refractivity contribution in [2.24, 2.45) is 0 Å². The number of hydrogen-bond acceptors (Lipinski definition) is 0. The molecular weight excluding hydrogens is 397 g/mol. The van der Waals surface area contributed by atoms with E-state index >= 15 is 0 Å². The Morgan fingerprint density at radius 3 is 0.783 bits per heavy atom. The molecule has 16 heteroatoms. The number of hydrogen-bond donors (Lipinski definition) is 0. The average molecular weight is 400 g/mol. The van der Waals surface area contributed by atoms with Crippen LogP contribution in [0.25, 0.3) is 0 Å².